The van der Waals surface area contributed by atoms with E-state index in [9.17, 15) is 9.59 Å². The molecule has 6 heteroatoms. The quantitative estimate of drug-likeness (QED) is 0.859. The Morgan fingerprint density at radius 2 is 1.90 bits per heavy atom. The second-order valence-corrected chi connectivity index (χ2v) is 5.03. The van der Waals surface area contributed by atoms with Gasteiger partial charge in [-0.3, -0.25) is 4.79 Å². The smallest absolute Gasteiger partial charge is 0.332 e. The van der Waals surface area contributed by atoms with Crippen molar-refractivity contribution in [3.63, 3.8) is 0 Å². The fourth-order valence-electron chi connectivity index (χ4n) is 2.29. The normalized spacial score (nSPS) is 22.6. The van der Waals surface area contributed by atoms with Crippen molar-refractivity contribution >= 4 is 11.9 Å². The standard InChI is InChI=1S/C15H19NO5/c1-9(10-3-5-11(20-2)6-4-10)16-14(17)12-7-8-13(21-12)15(18)19/h3-6,9,12-13H,7-8H2,1-2H3,(H,16,17)(H,18,19)/t9-,12?,13?/m0/s1. The number of methoxy groups -OCH3 is 1. The number of aliphatic carboxylic acids is 1. The molecule has 1 saturated heterocycles. The van der Waals surface area contributed by atoms with Crippen LogP contribution in [0, 0.1) is 0 Å². The van der Waals surface area contributed by atoms with Gasteiger partial charge in [0.1, 0.15) is 11.9 Å². The Labute approximate surface area is 123 Å². The molecule has 1 aliphatic heterocycles. The van der Waals surface area contributed by atoms with Crippen molar-refractivity contribution in [1.29, 1.82) is 0 Å². The lowest BCUT2D eigenvalue weighted by molar-refractivity contribution is -0.151. The average Bonchev–Trinajstić information content (AvgIpc) is 2.97. The number of amides is 1. The molecule has 0 radical (unpaired) electrons. The van der Waals surface area contributed by atoms with Crippen LogP contribution in [0.3, 0.4) is 0 Å². The third-order valence-electron chi connectivity index (χ3n) is 3.56. The predicted octanol–water partition coefficient (Wildman–Crippen LogP) is 1.50. The van der Waals surface area contributed by atoms with E-state index in [1.807, 2.05) is 31.2 Å². The number of hydrogen-bond donors (Lipinski definition) is 2. The molecule has 0 aromatic heterocycles. The van der Waals surface area contributed by atoms with Crippen LogP contribution in [0.1, 0.15) is 31.4 Å². The number of hydrogen-bond acceptors (Lipinski definition) is 4. The van der Waals surface area contributed by atoms with Crippen molar-refractivity contribution in [3.05, 3.63) is 29.8 Å². The number of carbonyl (C=O) groups excluding carboxylic acids is 1. The lowest BCUT2D eigenvalue weighted by Crippen LogP contribution is -2.37. The molecule has 1 aromatic rings. The Bertz CT molecular complexity index is 513. The van der Waals surface area contributed by atoms with Crippen LogP contribution in [-0.2, 0) is 14.3 Å². The number of ether oxygens (including phenoxy) is 2. The van der Waals surface area contributed by atoms with Gasteiger partial charge in [0.15, 0.2) is 6.10 Å². The molecule has 2 N–H and O–H groups in total. The van der Waals surface area contributed by atoms with E-state index >= 15 is 0 Å². The Balaban J connectivity index is 1.91. The first-order valence-electron chi connectivity index (χ1n) is 6.84. The van der Waals surface area contributed by atoms with Gasteiger partial charge in [0.2, 0.25) is 5.91 Å². The summed E-state index contributed by atoms with van der Waals surface area (Å²) in [5.41, 5.74) is 0.942. The molecule has 0 aliphatic carbocycles. The molecule has 1 aliphatic rings. The summed E-state index contributed by atoms with van der Waals surface area (Å²) in [5, 5.41) is 11.7. The minimum atomic E-state index is -1.02. The lowest BCUT2D eigenvalue weighted by Gasteiger charge is -2.18. The van der Waals surface area contributed by atoms with Gasteiger partial charge >= 0.3 is 5.97 Å². The summed E-state index contributed by atoms with van der Waals surface area (Å²) in [6.45, 7) is 1.86. The summed E-state index contributed by atoms with van der Waals surface area (Å²) in [6, 6.07) is 7.21. The Morgan fingerprint density at radius 3 is 2.43 bits per heavy atom. The van der Waals surface area contributed by atoms with E-state index in [1.165, 1.54) is 0 Å². The van der Waals surface area contributed by atoms with Crippen molar-refractivity contribution in [2.24, 2.45) is 0 Å². The van der Waals surface area contributed by atoms with Gasteiger partial charge in [-0.05, 0) is 37.5 Å². The highest BCUT2D eigenvalue weighted by Crippen LogP contribution is 2.22. The van der Waals surface area contributed by atoms with Gasteiger partial charge in [0.05, 0.1) is 13.2 Å². The highest BCUT2D eigenvalue weighted by molar-refractivity contribution is 5.83. The molecule has 1 heterocycles. The molecular formula is C15H19NO5. The fraction of sp³-hybridized carbons (Fsp3) is 0.467. The molecular weight excluding hydrogens is 274 g/mol. The third kappa shape index (κ3) is 3.72. The van der Waals surface area contributed by atoms with E-state index in [4.69, 9.17) is 14.6 Å². The molecule has 3 atom stereocenters. The summed E-state index contributed by atoms with van der Waals surface area (Å²) < 4.78 is 10.3. The topological polar surface area (TPSA) is 84.9 Å². The summed E-state index contributed by atoms with van der Waals surface area (Å²) in [4.78, 5) is 22.9. The van der Waals surface area contributed by atoms with Crippen molar-refractivity contribution in [3.8, 4) is 5.75 Å². The fourth-order valence-corrected chi connectivity index (χ4v) is 2.29. The molecule has 1 aromatic carbocycles. The molecule has 2 unspecified atom stereocenters. The van der Waals surface area contributed by atoms with Crippen LogP contribution in [0.2, 0.25) is 0 Å². The van der Waals surface area contributed by atoms with Gasteiger partial charge in [-0.25, -0.2) is 4.79 Å². The maximum Gasteiger partial charge on any atom is 0.332 e. The van der Waals surface area contributed by atoms with Crippen LogP contribution in [-0.4, -0.2) is 36.3 Å². The highest BCUT2D eigenvalue weighted by atomic mass is 16.5. The van der Waals surface area contributed by atoms with Crippen LogP contribution in [0.5, 0.6) is 5.75 Å². The van der Waals surface area contributed by atoms with Crippen molar-refractivity contribution in [2.45, 2.75) is 38.0 Å². The van der Waals surface area contributed by atoms with Crippen LogP contribution in [0.25, 0.3) is 0 Å². The molecule has 21 heavy (non-hydrogen) atoms. The zero-order valence-electron chi connectivity index (χ0n) is 12.0. The van der Waals surface area contributed by atoms with Gasteiger partial charge < -0.3 is 19.9 Å². The van der Waals surface area contributed by atoms with Gasteiger partial charge in [-0.15, -0.1) is 0 Å². The number of carboxylic acids is 1. The summed E-state index contributed by atoms with van der Waals surface area (Å²) in [6.07, 6.45) is -0.772. The molecule has 114 valence electrons. The highest BCUT2D eigenvalue weighted by Gasteiger charge is 2.35. The zero-order chi connectivity index (χ0) is 15.4. The summed E-state index contributed by atoms with van der Waals surface area (Å²) in [5.74, 6) is -0.545. The number of carboxylic acid groups (broad SMARTS) is 1. The second kappa shape index (κ2) is 6.58. The number of rotatable bonds is 5. The van der Waals surface area contributed by atoms with E-state index < -0.39 is 18.2 Å². The van der Waals surface area contributed by atoms with Crippen LogP contribution in [0.15, 0.2) is 24.3 Å². The summed E-state index contributed by atoms with van der Waals surface area (Å²) in [7, 11) is 1.59. The number of carbonyl (C=O) groups is 2. The predicted molar refractivity (Wildman–Crippen MR) is 75.1 cm³/mol. The number of nitrogens with one attached hydrogen (secondary N) is 1. The van der Waals surface area contributed by atoms with E-state index in [0.29, 0.717) is 12.8 Å². The maximum atomic E-state index is 12.1. The Hall–Kier alpha value is -2.08. The van der Waals surface area contributed by atoms with Crippen molar-refractivity contribution in [2.75, 3.05) is 7.11 Å². The molecule has 0 saturated carbocycles. The maximum absolute atomic E-state index is 12.1. The van der Waals surface area contributed by atoms with Gasteiger partial charge in [0, 0.05) is 0 Å². The van der Waals surface area contributed by atoms with E-state index in [-0.39, 0.29) is 11.9 Å². The van der Waals surface area contributed by atoms with Gasteiger partial charge in [0.25, 0.3) is 0 Å². The van der Waals surface area contributed by atoms with Crippen molar-refractivity contribution < 1.29 is 24.2 Å². The zero-order valence-corrected chi connectivity index (χ0v) is 12.0. The third-order valence-corrected chi connectivity index (χ3v) is 3.56. The van der Waals surface area contributed by atoms with E-state index in [1.54, 1.807) is 7.11 Å². The first-order chi connectivity index (χ1) is 10.0. The SMILES string of the molecule is COc1ccc([C@H](C)NC(=O)C2CCC(C(=O)O)O2)cc1. The van der Waals surface area contributed by atoms with Gasteiger partial charge in [-0.1, -0.05) is 12.1 Å². The molecule has 1 amide bonds. The van der Waals surface area contributed by atoms with Crippen LogP contribution >= 0.6 is 0 Å². The van der Waals surface area contributed by atoms with E-state index in [0.717, 1.165) is 11.3 Å². The molecule has 2 rings (SSSR count). The number of benzene rings is 1. The summed E-state index contributed by atoms with van der Waals surface area (Å²) >= 11 is 0. The molecule has 0 bridgehead atoms. The minimum Gasteiger partial charge on any atom is -0.497 e. The van der Waals surface area contributed by atoms with E-state index in [2.05, 4.69) is 5.32 Å². The lowest BCUT2D eigenvalue weighted by atomic mass is 10.1. The average molecular weight is 293 g/mol. The molecule has 1 fully saturated rings. The monoisotopic (exact) mass is 293 g/mol. The largest absolute Gasteiger partial charge is 0.497 e. The van der Waals surface area contributed by atoms with Crippen LogP contribution in [0.4, 0.5) is 0 Å². The second-order valence-electron chi connectivity index (χ2n) is 5.03. The van der Waals surface area contributed by atoms with Crippen LogP contribution < -0.4 is 10.1 Å². The molecule has 6 nitrogen and oxygen atoms in total. The minimum absolute atomic E-state index is 0.184. The first kappa shape index (κ1) is 15.3. The first-order valence-corrected chi connectivity index (χ1v) is 6.84. The molecule has 0 spiro atoms. The van der Waals surface area contributed by atoms with Gasteiger partial charge in [-0.2, -0.15) is 0 Å². The van der Waals surface area contributed by atoms with Crippen molar-refractivity contribution in [1.82, 2.24) is 5.32 Å². The Morgan fingerprint density at radius 1 is 1.29 bits per heavy atom. The Kier molecular flexibility index (Phi) is 4.80.